The van der Waals surface area contributed by atoms with E-state index in [9.17, 15) is 0 Å². The van der Waals surface area contributed by atoms with E-state index in [0.29, 0.717) is 28.5 Å². The van der Waals surface area contributed by atoms with E-state index in [-0.39, 0.29) is 0 Å². The second-order valence-corrected chi connectivity index (χ2v) is 3.34. The van der Waals surface area contributed by atoms with Gasteiger partial charge in [-0.15, -0.1) is 6.42 Å². The zero-order valence-electron chi connectivity index (χ0n) is 8.88. The fourth-order valence-electron chi connectivity index (χ4n) is 1.40. The van der Waals surface area contributed by atoms with E-state index in [0.717, 1.165) is 0 Å². The second-order valence-electron chi connectivity index (χ2n) is 3.34. The van der Waals surface area contributed by atoms with E-state index in [1.165, 1.54) is 6.07 Å². The number of aromatic nitrogens is 2. The molecule has 0 aliphatic heterocycles. The molecule has 0 aliphatic carbocycles. The predicted molar refractivity (Wildman–Crippen MR) is 64.5 cm³/mol. The van der Waals surface area contributed by atoms with E-state index in [1.807, 2.05) is 0 Å². The van der Waals surface area contributed by atoms with Gasteiger partial charge in [-0.3, -0.25) is 0 Å². The Labute approximate surface area is 98.8 Å². The molecule has 0 atom stereocenters. The summed E-state index contributed by atoms with van der Waals surface area (Å²) in [5.74, 6) is 3.15. The van der Waals surface area contributed by atoms with Gasteiger partial charge in [0.2, 0.25) is 0 Å². The van der Waals surface area contributed by atoms with Crippen LogP contribution >= 0.6 is 0 Å². The SMILES string of the molecule is C#Cc1cc(N)nc(-c2cccc(C#N)c2)n1. The third-order valence-electron chi connectivity index (χ3n) is 2.14. The van der Waals surface area contributed by atoms with Crippen molar-refractivity contribution in [2.45, 2.75) is 0 Å². The average molecular weight is 220 g/mol. The van der Waals surface area contributed by atoms with E-state index >= 15 is 0 Å². The molecule has 1 aromatic heterocycles. The first-order valence-electron chi connectivity index (χ1n) is 4.84. The van der Waals surface area contributed by atoms with Crippen LogP contribution in [-0.2, 0) is 0 Å². The Kier molecular flexibility index (Phi) is 2.72. The first kappa shape index (κ1) is 10.7. The zero-order valence-corrected chi connectivity index (χ0v) is 8.88. The van der Waals surface area contributed by atoms with E-state index in [2.05, 4.69) is 22.0 Å². The largest absolute Gasteiger partial charge is 0.384 e. The lowest BCUT2D eigenvalue weighted by molar-refractivity contribution is 1.16. The summed E-state index contributed by atoms with van der Waals surface area (Å²) in [5.41, 5.74) is 7.31. The Morgan fingerprint density at radius 3 is 2.76 bits per heavy atom. The molecule has 17 heavy (non-hydrogen) atoms. The highest BCUT2D eigenvalue weighted by Crippen LogP contribution is 2.17. The maximum absolute atomic E-state index is 8.82. The van der Waals surface area contributed by atoms with Crippen molar-refractivity contribution in [1.29, 1.82) is 5.26 Å². The smallest absolute Gasteiger partial charge is 0.162 e. The van der Waals surface area contributed by atoms with Crippen LogP contribution < -0.4 is 5.73 Å². The van der Waals surface area contributed by atoms with Gasteiger partial charge in [-0.05, 0) is 12.1 Å². The molecule has 4 nitrogen and oxygen atoms in total. The van der Waals surface area contributed by atoms with Gasteiger partial charge in [0.15, 0.2) is 5.82 Å². The predicted octanol–water partition coefficient (Wildman–Crippen LogP) is 1.58. The molecular weight excluding hydrogens is 212 g/mol. The number of anilines is 1. The topological polar surface area (TPSA) is 75.6 Å². The molecule has 0 radical (unpaired) electrons. The number of hydrogen-bond donors (Lipinski definition) is 1. The van der Waals surface area contributed by atoms with E-state index in [1.54, 1.807) is 24.3 Å². The van der Waals surface area contributed by atoms with E-state index in [4.69, 9.17) is 17.4 Å². The molecule has 4 heteroatoms. The lowest BCUT2D eigenvalue weighted by atomic mass is 10.1. The van der Waals surface area contributed by atoms with E-state index < -0.39 is 0 Å². The first-order valence-corrected chi connectivity index (χ1v) is 4.84. The number of nitrogens with zero attached hydrogens (tertiary/aromatic N) is 3. The standard InChI is InChI=1S/C13H8N4/c1-2-11-7-12(15)17-13(16-11)10-5-3-4-9(6-10)8-14/h1,3-7H,(H2,15,16,17). The Morgan fingerprint density at radius 2 is 2.06 bits per heavy atom. The molecule has 2 aromatic rings. The summed E-state index contributed by atoms with van der Waals surface area (Å²) in [7, 11) is 0. The van der Waals surface area contributed by atoms with Crippen LogP contribution in [-0.4, -0.2) is 9.97 Å². The maximum Gasteiger partial charge on any atom is 0.162 e. The van der Waals surface area contributed by atoms with Crippen molar-refractivity contribution < 1.29 is 0 Å². The number of hydrogen-bond acceptors (Lipinski definition) is 4. The summed E-state index contributed by atoms with van der Waals surface area (Å²) >= 11 is 0. The Bertz CT molecular complexity index is 647. The highest BCUT2D eigenvalue weighted by Gasteiger charge is 2.05. The van der Waals surface area contributed by atoms with Crippen LogP contribution in [0.5, 0.6) is 0 Å². The maximum atomic E-state index is 8.82. The van der Waals surface area contributed by atoms with Gasteiger partial charge >= 0.3 is 0 Å². The highest BCUT2D eigenvalue weighted by molar-refractivity contribution is 5.60. The fraction of sp³-hybridized carbons (Fsp3) is 0. The molecular formula is C13H8N4. The normalized spacial score (nSPS) is 9.29. The van der Waals surface area contributed by atoms with Crippen LogP contribution in [0.15, 0.2) is 30.3 Å². The van der Waals surface area contributed by atoms with Gasteiger partial charge in [0.1, 0.15) is 11.5 Å². The number of nitriles is 1. The lowest BCUT2D eigenvalue weighted by Crippen LogP contribution is -1.98. The molecule has 0 saturated heterocycles. The molecule has 0 aliphatic rings. The first-order chi connectivity index (χ1) is 8.22. The molecule has 0 amide bonds. The van der Waals surface area contributed by atoms with Gasteiger partial charge in [-0.1, -0.05) is 18.1 Å². The Balaban J connectivity index is 2.57. The minimum atomic E-state index is 0.310. The van der Waals surface area contributed by atoms with Crippen LogP contribution in [0.4, 0.5) is 5.82 Å². The van der Waals surface area contributed by atoms with Crippen LogP contribution in [0.25, 0.3) is 11.4 Å². The van der Waals surface area contributed by atoms with Gasteiger partial charge in [0.05, 0.1) is 11.6 Å². The quantitative estimate of drug-likeness (QED) is 0.740. The zero-order chi connectivity index (χ0) is 12.3. The van der Waals surface area contributed by atoms with Crippen LogP contribution in [0.2, 0.25) is 0 Å². The minimum absolute atomic E-state index is 0.310. The van der Waals surface area contributed by atoms with Crippen molar-refractivity contribution in [1.82, 2.24) is 9.97 Å². The van der Waals surface area contributed by atoms with Gasteiger partial charge in [-0.25, -0.2) is 9.97 Å². The summed E-state index contributed by atoms with van der Waals surface area (Å²) in [5, 5.41) is 8.82. The molecule has 0 bridgehead atoms. The second kappa shape index (κ2) is 4.34. The van der Waals surface area contributed by atoms with Crippen molar-refractivity contribution in [2.24, 2.45) is 0 Å². The monoisotopic (exact) mass is 220 g/mol. The van der Waals surface area contributed by atoms with Crippen molar-refractivity contribution in [3.63, 3.8) is 0 Å². The van der Waals surface area contributed by atoms with Gasteiger partial charge in [0, 0.05) is 11.6 Å². The molecule has 2 rings (SSSR count). The molecule has 2 N–H and O–H groups in total. The van der Waals surface area contributed by atoms with Crippen molar-refractivity contribution in [3.8, 4) is 29.8 Å². The minimum Gasteiger partial charge on any atom is -0.384 e. The number of benzene rings is 1. The summed E-state index contributed by atoms with van der Waals surface area (Å²) in [6, 6.07) is 10.5. The van der Waals surface area contributed by atoms with Crippen molar-refractivity contribution >= 4 is 5.82 Å². The molecule has 0 spiro atoms. The molecule has 1 heterocycles. The summed E-state index contributed by atoms with van der Waals surface area (Å²) < 4.78 is 0. The molecule has 0 saturated carbocycles. The molecule has 0 fully saturated rings. The van der Waals surface area contributed by atoms with Crippen molar-refractivity contribution in [3.05, 3.63) is 41.6 Å². The third kappa shape index (κ3) is 2.22. The number of nitrogen functional groups attached to an aromatic ring is 1. The Hall–Kier alpha value is -2.85. The molecule has 1 aromatic carbocycles. The third-order valence-corrected chi connectivity index (χ3v) is 2.14. The fourth-order valence-corrected chi connectivity index (χ4v) is 1.40. The summed E-state index contributed by atoms with van der Waals surface area (Å²) in [6.07, 6.45) is 5.27. The van der Waals surface area contributed by atoms with Crippen molar-refractivity contribution in [2.75, 3.05) is 5.73 Å². The number of terminal acetylenes is 1. The van der Waals surface area contributed by atoms with Crippen LogP contribution in [0, 0.1) is 23.7 Å². The molecule has 0 unspecified atom stereocenters. The number of nitrogens with two attached hydrogens (primary N) is 1. The highest BCUT2D eigenvalue weighted by atomic mass is 14.9. The molecule has 80 valence electrons. The van der Waals surface area contributed by atoms with Gasteiger partial charge in [0.25, 0.3) is 0 Å². The average Bonchev–Trinajstić information content (AvgIpc) is 2.38. The lowest BCUT2D eigenvalue weighted by Gasteiger charge is -2.02. The van der Waals surface area contributed by atoms with Gasteiger partial charge < -0.3 is 5.73 Å². The Morgan fingerprint density at radius 1 is 1.24 bits per heavy atom. The van der Waals surface area contributed by atoms with Crippen LogP contribution in [0.3, 0.4) is 0 Å². The summed E-state index contributed by atoms with van der Waals surface area (Å²) in [6.45, 7) is 0. The summed E-state index contributed by atoms with van der Waals surface area (Å²) in [4.78, 5) is 8.25. The number of rotatable bonds is 1. The van der Waals surface area contributed by atoms with Gasteiger partial charge in [-0.2, -0.15) is 5.26 Å². The van der Waals surface area contributed by atoms with Crippen LogP contribution in [0.1, 0.15) is 11.3 Å².